The predicted molar refractivity (Wildman–Crippen MR) is 23.9 cm³/mol. The molecule has 0 aromatic rings. The Hall–Kier alpha value is -0.360. The van der Waals surface area contributed by atoms with E-state index in [0.717, 1.165) is 0 Å². The average Bonchev–Trinajstić information content (AvgIpc) is 1.78. The van der Waals surface area contributed by atoms with Crippen molar-refractivity contribution in [2.24, 2.45) is 0 Å². The minimum atomic E-state index is -4.35. The van der Waals surface area contributed by atoms with Crippen molar-refractivity contribution in [3.8, 4) is 0 Å². The molecule has 2 nitrogen and oxygen atoms in total. The fraction of sp³-hybridized carbons (Fsp3) is 1.00. The number of alkyl halides is 3. The second-order valence-electron chi connectivity index (χ2n) is 1.48. The van der Waals surface area contributed by atoms with Crippen LogP contribution in [0.3, 0.4) is 0 Å². The Balaban J connectivity index is 3.04. The molecule has 0 spiro atoms. The predicted octanol–water partition coefficient (Wildman–Crippen LogP) is 1.47. The van der Waals surface area contributed by atoms with Crippen LogP contribution in [0, 0.1) is 0 Å². The Bertz CT molecular complexity index is 81.8. The van der Waals surface area contributed by atoms with Crippen LogP contribution in [-0.4, -0.2) is 26.0 Å². The van der Waals surface area contributed by atoms with Gasteiger partial charge < -0.3 is 4.74 Å². The molecule has 0 unspecified atom stereocenters. The molecule has 0 aromatic heterocycles. The molecule has 0 N–H and O–H groups in total. The zero-order valence-electron chi connectivity index (χ0n) is 4.95. The molecule has 0 saturated heterocycles. The highest BCUT2D eigenvalue weighted by molar-refractivity contribution is 4.44. The van der Waals surface area contributed by atoms with Gasteiger partial charge in [-0.3, -0.25) is 0 Å². The van der Waals surface area contributed by atoms with Gasteiger partial charge in [0.15, 0.2) is 0 Å². The van der Waals surface area contributed by atoms with Crippen molar-refractivity contribution >= 4 is 0 Å². The zero-order valence-corrected chi connectivity index (χ0v) is 4.95. The summed E-state index contributed by atoms with van der Waals surface area (Å²) >= 11 is 0. The van der Waals surface area contributed by atoms with Crippen molar-refractivity contribution < 1.29 is 27.4 Å². The Labute approximate surface area is 54.6 Å². The minimum Gasteiger partial charge on any atom is -0.370 e. The van der Waals surface area contributed by atoms with Crippen molar-refractivity contribution in [3.05, 3.63) is 0 Å². The summed E-state index contributed by atoms with van der Waals surface area (Å²) in [5.74, 6) is 0. The Morgan fingerprint density at radius 2 is 1.70 bits per heavy atom. The molecule has 0 rings (SSSR count). The van der Waals surface area contributed by atoms with Crippen molar-refractivity contribution in [3.63, 3.8) is 0 Å². The highest BCUT2D eigenvalue weighted by Crippen LogP contribution is 2.13. The quantitative estimate of drug-likeness (QED) is 0.460. The molecule has 0 aromatic carbocycles. The van der Waals surface area contributed by atoms with E-state index in [2.05, 4.69) is 9.68 Å². The monoisotopic (exact) mass is 162 g/mol. The maximum Gasteiger partial charge on any atom is 0.411 e. The lowest BCUT2D eigenvalue weighted by atomic mass is 10.7. The van der Waals surface area contributed by atoms with Gasteiger partial charge >= 0.3 is 6.18 Å². The summed E-state index contributed by atoms with van der Waals surface area (Å²) in [5, 5.41) is 0. The van der Waals surface area contributed by atoms with Gasteiger partial charge in [0.25, 0.3) is 0 Å². The molecule has 0 heterocycles. The third kappa shape index (κ3) is 7.64. The van der Waals surface area contributed by atoms with Gasteiger partial charge in [-0.25, -0.2) is 0 Å². The average molecular weight is 162 g/mol. The summed E-state index contributed by atoms with van der Waals surface area (Å²) in [6.45, 7) is -2.23. The largest absolute Gasteiger partial charge is 0.411 e. The first kappa shape index (κ1) is 9.64. The third-order valence-electron chi connectivity index (χ3n) is 0.571. The molecule has 6 heteroatoms. The van der Waals surface area contributed by atoms with Gasteiger partial charge in [-0.15, -0.1) is 0 Å². The molecule has 0 bridgehead atoms. The van der Waals surface area contributed by atoms with E-state index < -0.39 is 26.0 Å². The summed E-state index contributed by atoms with van der Waals surface area (Å²) in [5.41, 5.74) is 0. The topological polar surface area (TPSA) is 18.5 Å². The maximum absolute atomic E-state index is 11.2. The standard InChI is InChI=1S/C4H6F4O2/c5-4(6,7)3-9-1-2-10-8/h1-3H2. The van der Waals surface area contributed by atoms with E-state index in [1.54, 1.807) is 0 Å². The molecule has 0 fully saturated rings. The molecule has 10 heavy (non-hydrogen) atoms. The highest BCUT2D eigenvalue weighted by Gasteiger charge is 2.27. The van der Waals surface area contributed by atoms with E-state index in [-0.39, 0.29) is 0 Å². The Morgan fingerprint density at radius 1 is 1.10 bits per heavy atom. The summed E-state index contributed by atoms with van der Waals surface area (Å²) in [7, 11) is 0. The van der Waals surface area contributed by atoms with E-state index in [9.17, 15) is 17.7 Å². The normalized spacial score (nSPS) is 12.0. The lowest BCUT2D eigenvalue weighted by molar-refractivity contribution is -0.191. The lowest BCUT2D eigenvalue weighted by Gasteiger charge is -2.05. The van der Waals surface area contributed by atoms with Crippen molar-refractivity contribution in [1.29, 1.82) is 0 Å². The Kier molecular flexibility index (Phi) is 4.29. The smallest absolute Gasteiger partial charge is 0.370 e. The number of ether oxygens (including phenoxy) is 1. The van der Waals surface area contributed by atoms with Gasteiger partial charge in [-0.2, -0.15) is 18.1 Å². The molecule has 0 atom stereocenters. The van der Waals surface area contributed by atoms with Crippen LogP contribution in [0.1, 0.15) is 0 Å². The maximum atomic E-state index is 11.2. The van der Waals surface area contributed by atoms with Crippen LogP contribution < -0.4 is 0 Å². The van der Waals surface area contributed by atoms with Gasteiger partial charge in [-0.1, -0.05) is 0 Å². The molecule has 0 radical (unpaired) electrons. The van der Waals surface area contributed by atoms with E-state index in [4.69, 9.17) is 0 Å². The van der Waals surface area contributed by atoms with Crippen molar-refractivity contribution in [1.82, 2.24) is 0 Å². The van der Waals surface area contributed by atoms with Gasteiger partial charge in [-0.05, 0) is 4.53 Å². The molecular weight excluding hydrogens is 156 g/mol. The summed E-state index contributed by atoms with van der Waals surface area (Å²) in [4.78, 5) is 2.96. The number of halogens is 4. The number of hydrogen-bond donors (Lipinski definition) is 0. The molecular formula is C4H6F4O2. The molecule has 62 valence electrons. The van der Waals surface area contributed by atoms with Crippen LogP contribution in [0.15, 0.2) is 0 Å². The number of rotatable bonds is 4. The van der Waals surface area contributed by atoms with E-state index in [1.165, 1.54) is 0 Å². The van der Waals surface area contributed by atoms with E-state index >= 15 is 0 Å². The zero-order chi connectivity index (χ0) is 8.04. The lowest BCUT2D eigenvalue weighted by Crippen LogP contribution is -2.18. The first-order valence-electron chi connectivity index (χ1n) is 2.44. The van der Waals surface area contributed by atoms with Crippen LogP contribution in [0.2, 0.25) is 0 Å². The van der Waals surface area contributed by atoms with Crippen molar-refractivity contribution in [2.75, 3.05) is 19.8 Å². The van der Waals surface area contributed by atoms with Crippen LogP contribution >= 0.6 is 0 Å². The van der Waals surface area contributed by atoms with Crippen LogP contribution in [-0.2, 0) is 9.68 Å². The van der Waals surface area contributed by atoms with Crippen LogP contribution in [0.25, 0.3) is 0 Å². The highest BCUT2D eigenvalue weighted by atomic mass is 19.4. The van der Waals surface area contributed by atoms with Crippen molar-refractivity contribution in [2.45, 2.75) is 6.18 Å². The van der Waals surface area contributed by atoms with Crippen LogP contribution in [0.4, 0.5) is 17.7 Å². The summed E-state index contributed by atoms with van der Waals surface area (Å²) < 4.78 is 48.4. The van der Waals surface area contributed by atoms with Gasteiger partial charge in [0.1, 0.15) is 13.2 Å². The van der Waals surface area contributed by atoms with Gasteiger partial charge in [0.05, 0.1) is 6.61 Å². The molecule has 0 saturated carbocycles. The summed E-state index contributed by atoms with van der Waals surface area (Å²) in [6, 6.07) is 0. The second kappa shape index (κ2) is 4.45. The minimum absolute atomic E-state index is 0.393. The fourth-order valence-corrected chi connectivity index (χ4v) is 0.278. The SMILES string of the molecule is FOCCOCC(F)(F)F. The van der Waals surface area contributed by atoms with E-state index in [1.807, 2.05) is 0 Å². The second-order valence-corrected chi connectivity index (χ2v) is 1.48. The molecule has 0 aliphatic heterocycles. The summed E-state index contributed by atoms with van der Waals surface area (Å²) in [6.07, 6.45) is -4.35. The molecule has 0 aliphatic rings. The van der Waals surface area contributed by atoms with Crippen LogP contribution in [0.5, 0.6) is 0 Å². The third-order valence-corrected chi connectivity index (χ3v) is 0.571. The van der Waals surface area contributed by atoms with Gasteiger partial charge in [0, 0.05) is 0 Å². The first-order chi connectivity index (χ1) is 4.56. The molecule has 0 amide bonds. The first-order valence-corrected chi connectivity index (χ1v) is 2.44. The van der Waals surface area contributed by atoms with Gasteiger partial charge in [0.2, 0.25) is 0 Å². The fourth-order valence-electron chi connectivity index (χ4n) is 0.278. The number of hydrogen-bond acceptors (Lipinski definition) is 2. The Morgan fingerprint density at radius 3 is 2.10 bits per heavy atom. The van der Waals surface area contributed by atoms with E-state index in [0.29, 0.717) is 0 Å². The molecule has 0 aliphatic carbocycles.